The third-order valence-electron chi connectivity index (χ3n) is 5.08. The number of hydrogen-bond acceptors (Lipinski definition) is 2. The average molecular weight is 487 g/mol. The molecule has 0 bridgehead atoms. The number of nitrogens with zero attached hydrogens (tertiary/aromatic N) is 4. The highest BCUT2D eigenvalue weighted by Gasteiger charge is 2.25. The Balaban J connectivity index is 0.00000225. The Labute approximate surface area is 183 Å². The summed E-state index contributed by atoms with van der Waals surface area (Å²) in [5.74, 6) is 1.53. The first-order valence-corrected chi connectivity index (χ1v) is 9.43. The van der Waals surface area contributed by atoms with Crippen LogP contribution in [0, 0.1) is 0 Å². The zero-order valence-electron chi connectivity index (χ0n) is 16.0. The van der Waals surface area contributed by atoms with E-state index in [1.165, 1.54) is 5.56 Å². The van der Waals surface area contributed by atoms with E-state index in [0.29, 0.717) is 12.5 Å². The number of guanidine groups is 1. The number of halogens is 1. The third-order valence-corrected chi connectivity index (χ3v) is 5.08. The van der Waals surface area contributed by atoms with E-state index in [2.05, 4.69) is 69.0 Å². The van der Waals surface area contributed by atoms with E-state index in [1.807, 2.05) is 36.1 Å². The van der Waals surface area contributed by atoms with E-state index < -0.39 is 0 Å². The number of aromatic nitrogens is 2. The van der Waals surface area contributed by atoms with Crippen molar-refractivity contribution in [2.45, 2.75) is 18.9 Å². The van der Waals surface area contributed by atoms with Gasteiger partial charge in [0.1, 0.15) is 0 Å². The lowest BCUT2D eigenvalue weighted by molar-refractivity contribution is 0.486. The van der Waals surface area contributed by atoms with Gasteiger partial charge < -0.3 is 10.2 Å². The number of nitrogens with one attached hydrogen (secondary N) is 1. The van der Waals surface area contributed by atoms with E-state index in [1.54, 1.807) is 0 Å². The van der Waals surface area contributed by atoms with Gasteiger partial charge in [0.05, 0.1) is 11.9 Å². The number of aliphatic imine (C=N–C) groups is 1. The molecule has 1 unspecified atom stereocenters. The maximum atomic E-state index is 4.48. The molecule has 1 aliphatic heterocycles. The minimum absolute atomic E-state index is 0. The van der Waals surface area contributed by atoms with Crippen LogP contribution in [0.2, 0.25) is 0 Å². The van der Waals surface area contributed by atoms with Crippen molar-refractivity contribution in [1.29, 1.82) is 0 Å². The number of benzene rings is 2. The maximum Gasteiger partial charge on any atom is 0.193 e. The fourth-order valence-electron chi connectivity index (χ4n) is 3.64. The zero-order valence-corrected chi connectivity index (χ0v) is 18.4. The van der Waals surface area contributed by atoms with Crippen LogP contribution in [0.4, 0.5) is 0 Å². The number of rotatable bonds is 4. The van der Waals surface area contributed by atoms with Crippen LogP contribution in [0.1, 0.15) is 23.5 Å². The standard InChI is InChI=1S/C22H25N5.HI/c1-23-22(26-13-12-20(17-26)19-8-4-2-5-9-19)24-14-18-15-25-27(16-18)21-10-6-3-7-11-21;/h2-11,15-16,20H,12-14,17H2,1H3,(H,23,24);1H. The van der Waals surface area contributed by atoms with Gasteiger partial charge >= 0.3 is 0 Å². The molecule has 3 aromatic rings. The fraction of sp³-hybridized carbons (Fsp3) is 0.273. The molecule has 1 N–H and O–H groups in total. The van der Waals surface area contributed by atoms with Crippen molar-refractivity contribution in [2.24, 2.45) is 4.99 Å². The summed E-state index contributed by atoms with van der Waals surface area (Å²) in [5, 5.41) is 7.95. The summed E-state index contributed by atoms with van der Waals surface area (Å²) in [5.41, 5.74) is 3.62. The van der Waals surface area contributed by atoms with E-state index >= 15 is 0 Å². The molecule has 1 fully saturated rings. The molecule has 1 atom stereocenters. The predicted octanol–water partition coefficient (Wildman–Crippen LogP) is 4.06. The van der Waals surface area contributed by atoms with Crippen LogP contribution >= 0.6 is 24.0 Å². The van der Waals surface area contributed by atoms with Gasteiger partial charge in [-0.3, -0.25) is 4.99 Å². The molecule has 5 nitrogen and oxygen atoms in total. The molecule has 1 aliphatic rings. The molecule has 0 amide bonds. The van der Waals surface area contributed by atoms with Crippen LogP contribution in [0.3, 0.4) is 0 Å². The Morgan fingerprint density at radius 3 is 2.54 bits per heavy atom. The summed E-state index contributed by atoms with van der Waals surface area (Å²) in [4.78, 5) is 6.83. The van der Waals surface area contributed by atoms with Crippen LogP contribution in [0.25, 0.3) is 5.69 Å². The minimum Gasteiger partial charge on any atom is -0.352 e. The first-order chi connectivity index (χ1) is 13.3. The zero-order chi connectivity index (χ0) is 18.5. The van der Waals surface area contributed by atoms with Gasteiger partial charge in [0.15, 0.2) is 5.96 Å². The molecule has 2 heterocycles. The third kappa shape index (κ3) is 4.73. The van der Waals surface area contributed by atoms with Crippen LogP contribution in [-0.2, 0) is 6.54 Å². The van der Waals surface area contributed by atoms with E-state index in [9.17, 15) is 0 Å². The van der Waals surface area contributed by atoms with Crippen molar-refractivity contribution < 1.29 is 0 Å². The summed E-state index contributed by atoms with van der Waals surface area (Å²) in [7, 11) is 1.85. The van der Waals surface area contributed by atoms with Gasteiger partial charge in [-0.2, -0.15) is 5.10 Å². The predicted molar refractivity (Wildman–Crippen MR) is 125 cm³/mol. The molecule has 0 saturated carbocycles. The van der Waals surface area contributed by atoms with Crippen molar-refractivity contribution in [3.05, 3.63) is 84.2 Å². The van der Waals surface area contributed by atoms with Gasteiger partial charge in [-0.15, -0.1) is 24.0 Å². The van der Waals surface area contributed by atoms with Crippen LogP contribution < -0.4 is 5.32 Å². The molecule has 0 spiro atoms. The van der Waals surface area contributed by atoms with E-state index in [-0.39, 0.29) is 24.0 Å². The monoisotopic (exact) mass is 487 g/mol. The molecule has 1 aromatic heterocycles. The van der Waals surface area contributed by atoms with Crippen LogP contribution in [0.5, 0.6) is 0 Å². The minimum atomic E-state index is 0. The fourth-order valence-corrected chi connectivity index (χ4v) is 3.64. The van der Waals surface area contributed by atoms with Crippen molar-refractivity contribution in [2.75, 3.05) is 20.1 Å². The summed E-state index contributed by atoms with van der Waals surface area (Å²) in [6.07, 6.45) is 5.13. The molecular formula is C22H26IN5. The van der Waals surface area contributed by atoms with Crippen molar-refractivity contribution in [3.63, 3.8) is 0 Å². The lowest BCUT2D eigenvalue weighted by Crippen LogP contribution is -2.39. The van der Waals surface area contributed by atoms with Crippen LogP contribution in [0.15, 0.2) is 78.0 Å². The van der Waals surface area contributed by atoms with Gasteiger partial charge in [-0.25, -0.2) is 4.68 Å². The molecule has 4 rings (SSSR count). The van der Waals surface area contributed by atoms with Crippen LogP contribution in [-0.4, -0.2) is 40.8 Å². The first-order valence-electron chi connectivity index (χ1n) is 9.43. The molecule has 28 heavy (non-hydrogen) atoms. The molecule has 2 aromatic carbocycles. The largest absolute Gasteiger partial charge is 0.352 e. The van der Waals surface area contributed by atoms with Crippen molar-refractivity contribution in [3.8, 4) is 5.69 Å². The summed E-state index contributed by atoms with van der Waals surface area (Å²) in [6.45, 7) is 2.75. The van der Waals surface area contributed by atoms with Crippen molar-refractivity contribution in [1.82, 2.24) is 20.0 Å². The molecule has 146 valence electrons. The molecule has 0 radical (unpaired) electrons. The highest BCUT2D eigenvalue weighted by Crippen LogP contribution is 2.26. The highest BCUT2D eigenvalue weighted by molar-refractivity contribution is 14.0. The van der Waals surface area contributed by atoms with Crippen molar-refractivity contribution >= 4 is 29.9 Å². The Hall–Kier alpha value is -2.35. The quantitative estimate of drug-likeness (QED) is 0.343. The normalized spacial score (nSPS) is 16.7. The average Bonchev–Trinajstić information content (AvgIpc) is 3.40. The second-order valence-electron chi connectivity index (χ2n) is 6.87. The van der Waals surface area contributed by atoms with E-state index in [4.69, 9.17) is 0 Å². The Morgan fingerprint density at radius 2 is 1.82 bits per heavy atom. The first kappa shape index (κ1) is 20.4. The smallest absolute Gasteiger partial charge is 0.193 e. The molecule has 0 aliphatic carbocycles. The number of hydrogen-bond donors (Lipinski definition) is 1. The number of para-hydroxylation sites is 1. The molecule has 6 heteroatoms. The lowest BCUT2D eigenvalue weighted by atomic mass is 9.99. The van der Waals surface area contributed by atoms with Gasteiger partial charge in [0.25, 0.3) is 0 Å². The summed E-state index contributed by atoms with van der Waals surface area (Å²) >= 11 is 0. The SMILES string of the molecule is CN=C(NCc1cnn(-c2ccccc2)c1)N1CCC(c2ccccc2)C1.I. The summed E-state index contributed by atoms with van der Waals surface area (Å²) < 4.78 is 1.90. The molecule has 1 saturated heterocycles. The van der Waals surface area contributed by atoms with E-state index in [0.717, 1.165) is 36.7 Å². The lowest BCUT2D eigenvalue weighted by Gasteiger charge is -2.21. The van der Waals surface area contributed by atoms with Gasteiger partial charge in [-0.05, 0) is 24.1 Å². The highest BCUT2D eigenvalue weighted by atomic mass is 127. The second-order valence-corrected chi connectivity index (χ2v) is 6.87. The van der Waals surface area contributed by atoms with Gasteiger partial charge in [0, 0.05) is 44.4 Å². The van der Waals surface area contributed by atoms with Gasteiger partial charge in [0.2, 0.25) is 0 Å². The molecular weight excluding hydrogens is 461 g/mol. The number of likely N-dealkylation sites (tertiary alicyclic amines) is 1. The summed E-state index contributed by atoms with van der Waals surface area (Å²) in [6, 6.07) is 20.9. The Morgan fingerprint density at radius 1 is 1.11 bits per heavy atom. The Bertz CT molecular complexity index is 892. The maximum absolute atomic E-state index is 4.48. The second kappa shape index (κ2) is 9.73. The van der Waals surface area contributed by atoms with Gasteiger partial charge in [-0.1, -0.05) is 48.5 Å². The topological polar surface area (TPSA) is 45.5 Å². The Kier molecular flexibility index (Phi) is 7.08.